The minimum atomic E-state index is -1.15. The summed E-state index contributed by atoms with van der Waals surface area (Å²) in [7, 11) is 1.27. The van der Waals surface area contributed by atoms with Crippen LogP contribution in [0.5, 0.6) is 17.2 Å². The van der Waals surface area contributed by atoms with Gasteiger partial charge in [-0.25, -0.2) is 14.0 Å². The average Bonchev–Trinajstić information content (AvgIpc) is 3.38. The quantitative estimate of drug-likeness (QED) is 0.0604. The molecule has 2 amide bonds. The zero-order chi connectivity index (χ0) is 35.8. The molecule has 0 radical (unpaired) electrons. The molecule has 0 aliphatic carbocycles. The van der Waals surface area contributed by atoms with Gasteiger partial charge in [0, 0.05) is 33.9 Å². The highest BCUT2D eigenvalue weighted by atomic mass is 19.1. The van der Waals surface area contributed by atoms with Gasteiger partial charge in [0.25, 0.3) is 0 Å². The maximum Gasteiger partial charge on any atom is 0.337 e. The summed E-state index contributed by atoms with van der Waals surface area (Å²) in [5.74, 6) is 0.472. The highest BCUT2D eigenvalue weighted by Crippen LogP contribution is 2.35. The molecule has 0 fully saturated rings. The number of carbonyl (C=O) groups is 2. The molecule has 4 N–H and O–H groups in total. The number of ether oxygens (including phenoxy) is 4. The average molecular weight is 686 g/mol. The van der Waals surface area contributed by atoms with E-state index in [-0.39, 0.29) is 24.6 Å². The molecule has 1 aliphatic heterocycles. The van der Waals surface area contributed by atoms with E-state index in [9.17, 15) is 19.1 Å². The Bertz CT molecular complexity index is 1900. The number of aliphatic hydroxyl groups excluding tert-OH is 1. The number of allylic oxidation sites excluding steroid dienone is 1. The molecular weight excluding hydrogens is 645 g/mol. The van der Waals surface area contributed by atoms with Crippen LogP contribution in [0.2, 0.25) is 0 Å². The van der Waals surface area contributed by atoms with E-state index >= 15 is 0 Å². The molecule has 0 spiro atoms. The minimum absolute atomic E-state index is 0.133. The first-order valence-electron chi connectivity index (χ1n) is 16.0. The summed E-state index contributed by atoms with van der Waals surface area (Å²) in [5.41, 5.74) is 8.09. The third-order valence-electron chi connectivity index (χ3n) is 8.02. The molecule has 13 heteroatoms. The van der Waals surface area contributed by atoms with Crippen molar-refractivity contribution in [2.24, 2.45) is 5.10 Å². The van der Waals surface area contributed by atoms with Gasteiger partial charge in [0.2, 0.25) is 0 Å². The summed E-state index contributed by atoms with van der Waals surface area (Å²) < 4.78 is 38.3. The van der Waals surface area contributed by atoms with Crippen molar-refractivity contribution in [1.29, 1.82) is 0 Å². The smallest absolute Gasteiger partial charge is 0.337 e. The molecule has 0 saturated heterocycles. The fraction of sp³-hybridized carbons (Fsp3) is 0.270. The Balaban J connectivity index is 1.20. The van der Waals surface area contributed by atoms with Crippen LogP contribution < -0.4 is 30.3 Å². The van der Waals surface area contributed by atoms with Gasteiger partial charge in [0.1, 0.15) is 24.8 Å². The fourth-order valence-electron chi connectivity index (χ4n) is 5.60. The highest BCUT2D eigenvalue weighted by Gasteiger charge is 2.32. The topological polar surface area (TPSA) is 145 Å². The molecule has 3 aromatic carbocycles. The molecule has 2 heterocycles. The maximum absolute atomic E-state index is 13.9. The van der Waals surface area contributed by atoms with Crippen molar-refractivity contribution in [2.45, 2.75) is 46.6 Å². The predicted molar refractivity (Wildman–Crippen MR) is 185 cm³/mol. The number of aryl methyl sites for hydroxylation is 1. The maximum atomic E-state index is 13.9. The Morgan fingerprint density at radius 3 is 2.52 bits per heavy atom. The Morgan fingerprint density at radius 2 is 1.80 bits per heavy atom. The van der Waals surface area contributed by atoms with Gasteiger partial charge >= 0.3 is 12.0 Å². The first kappa shape index (κ1) is 35.5. The molecule has 50 heavy (non-hydrogen) atoms. The third-order valence-corrected chi connectivity index (χ3v) is 8.02. The van der Waals surface area contributed by atoms with Gasteiger partial charge in [0.15, 0.2) is 17.7 Å². The van der Waals surface area contributed by atoms with E-state index in [1.165, 1.54) is 13.2 Å². The number of esters is 1. The lowest BCUT2D eigenvalue weighted by Gasteiger charge is -2.28. The van der Waals surface area contributed by atoms with Crippen LogP contribution in [0.4, 0.5) is 9.18 Å². The highest BCUT2D eigenvalue weighted by molar-refractivity contribution is 5.95. The van der Waals surface area contributed by atoms with Crippen LogP contribution in [0.25, 0.3) is 5.69 Å². The number of carbonyl (C=O) groups excluding carboxylic acids is 2. The van der Waals surface area contributed by atoms with Gasteiger partial charge in [-0.1, -0.05) is 24.3 Å². The Kier molecular flexibility index (Phi) is 11.4. The number of aromatic nitrogens is 1. The van der Waals surface area contributed by atoms with Gasteiger partial charge < -0.3 is 39.3 Å². The number of hydrogen-bond acceptors (Lipinski definition) is 9. The summed E-state index contributed by atoms with van der Waals surface area (Å²) in [6.07, 6.45) is 0.469. The van der Waals surface area contributed by atoms with Crippen LogP contribution in [0.15, 0.2) is 89.2 Å². The lowest BCUT2D eigenvalue weighted by Crippen LogP contribution is -2.45. The molecule has 2 atom stereocenters. The zero-order valence-electron chi connectivity index (χ0n) is 28.5. The first-order valence-corrected chi connectivity index (χ1v) is 16.0. The van der Waals surface area contributed by atoms with E-state index < -0.39 is 24.3 Å². The van der Waals surface area contributed by atoms with Crippen molar-refractivity contribution >= 4 is 18.2 Å². The van der Waals surface area contributed by atoms with Gasteiger partial charge in [-0.3, -0.25) is 5.43 Å². The SMILES string of the molecule is CCOc1cc([C@@H]2NC(=O)NC(C)=C2C(=O)OC)ccc1OC[C@@H](O)N/N=C/c1cc(C)n(-c2ccc(OCc3ccccc3F)cc2)c1C. The standard InChI is InChI=1S/C37H40FN5O7/c1-6-48-32-18-25(35-34(36(45)47-5)23(3)40-37(46)41-35)11-16-31(32)50-21-33(44)42-39-19-27-17-22(2)43(24(27)4)28-12-14-29(15-13-28)49-20-26-9-7-8-10-30(26)38/h7-19,33,35,42,44H,6,20-21H2,1-5H3,(H2,40,41,46)/b39-19+/t33-,35+/m1/s1. The van der Waals surface area contributed by atoms with Crippen LogP contribution in [-0.2, 0) is 16.1 Å². The lowest BCUT2D eigenvalue weighted by molar-refractivity contribution is -0.136. The lowest BCUT2D eigenvalue weighted by atomic mass is 9.95. The number of nitrogens with one attached hydrogen (secondary N) is 3. The zero-order valence-corrected chi connectivity index (χ0v) is 28.5. The number of hydrazone groups is 1. The first-order chi connectivity index (χ1) is 24.1. The van der Waals surface area contributed by atoms with Gasteiger partial charge in [-0.05, 0) is 81.8 Å². The predicted octanol–water partition coefficient (Wildman–Crippen LogP) is 5.33. The number of halogens is 1. The van der Waals surface area contributed by atoms with Crippen LogP contribution in [-0.4, -0.2) is 54.4 Å². The molecule has 0 bridgehead atoms. The van der Waals surface area contributed by atoms with Crippen LogP contribution in [0.1, 0.15) is 48.0 Å². The molecular formula is C37H40FN5O7. The van der Waals surface area contributed by atoms with Gasteiger partial charge in [-0.2, -0.15) is 5.10 Å². The second kappa shape index (κ2) is 16.1. The van der Waals surface area contributed by atoms with Crippen LogP contribution >= 0.6 is 0 Å². The largest absolute Gasteiger partial charge is 0.490 e. The van der Waals surface area contributed by atoms with Crippen molar-refractivity contribution in [3.05, 3.63) is 118 Å². The molecule has 5 rings (SSSR count). The summed E-state index contributed by atoms with van der Waals surface area (Å²) in [4.78, 5) is 24.7. The minimum Gasteiger partial charge on any atom is -0.490 e. The molecule has 4 aromatic rings. The molecule has 1 aliphatic rings. The number of rotatable bonds is 14. The van der Waals surface area contributed by atoms with E-state index in [0.717, 1.165) is 22.6 Å². The van der Waals surface area contributed by atoms with Crippen molar-refractivity contribution in [2.75, 3.05) is 20.3 Å². The molecule has 12 nitrogen and oxygen atoms in total. The fourth-order valence-corrected chi connectivity index (χ4v) is 5.60. The van der Waals surface area contributed by atoms with Crippen LogP contribution in [0, 0.1) is 19.7 Å². The summed E-state index contributed by atoms with van der Waals surface area (Å²) in [6.45, 7) is 7.70. The van der Waals surface area contributed by atoms with Crippen LogP contribution in [0.3, 0.4) is 0 Å². The molecule has 0 unspecified atom stereocenters. The number of hydrogen-bond donors (Lipinski definition) is 4. The summed E-state index contributed by atoms with van der Waals surface area (Å²) >= 11 is 0. The third kappa shape index (κ3) is 8.24. The monoisotopic (exact) mass is 685 g/mol. The number of nitrogens with zero attached hydrogens (tertiary/aromatic N) is 2. The van der Waals surface area contributed by atoms with E-state index in [0.29, 0.717) is 40.7 Å². The number of amides is 2. The normalized spacial score (nSPS) is 14.9. The molecule has 262 valence electrons. The van der Waals surface area contributed by atoms with E-state index in [4.69, 9.17) is 18.9 Å². The number of aliphatic hydroxyl groups is 1. The Morgan fingerprint density at radius 1 is 1.04 bits per heavy atom. The Labute approximate surface area is 289 Å². The van der Waals surface area contributed by atoms with Crippen molar-refractivity contribution < 1.29 is 38.0 Å². The molecule has 0 saturated carbocycles. The van der Waals surface area contributed by atoms with E-state index in [2.05, 4.69) is 25.7 Å². The second-order valence-corrected chi connectivity index (χ2v) is 11.5. The van der Waals surface area contributed by atoms with Crippen molar-refractivity contribution in [3.63, 3.8) is 0 Å². The van der Waals surface area contributed by atoms with E-state index in [1.54, 1.807) is 49.5 Å². The number of benzene rings is 3. The molecule has 1 aromatic heterocycles. The summed E-state index contributed by atoms with van der Waals surface area (Å²) in [6, 6.07) is 19.8. The van der Waals surface area contributed by atoms with Crippen molar-refractivity contribution in [1.82, 2.24) is 20.6 Å². The Hall–Kier alpha value is -5.82. The summed E-state index contributed by atoms with van der Waals surface area (Å²) in [5, 5.41) is 20.1. The number of urea groups is 1. The van der Waals surface area contributed by atoms with Gasteiger partial charge in [-0.15, -0.1) is 0 Å². The van der Waals surface area contributed by atoms with E-state index in [1.807, 2.05) is 51.1 Å². The number of methoxy groups -OCH3 is 1. The van der Waals surface area contributed by atoms with Crippen molar-refractivity contribution in [3.8, 4) is 22.9 Å². The van der Waals surface area contributed by atoms with Gasteiger partial charge in [0.05, 0.1) is 31.5 Å². The second-order valence-electron chi connectivity index (χ2n) is 11.5.